The zero-order chi connectivity index (χ0) is 12.0. The maximum absolute atomic E-state index is 6.08. The maximum atomic E-state index is 6.08. The first-order valence-corrected chi connectivity index (χ1v) is 5.88. The number of nitrogens with zero attached hydrogens (tertiary/aromatic N) is 2. The highest BCUT2D eigenvalue weighted by Crippen LogP contribution is 2.35. The third-order valence-electron chi connectivity index (χ3n) is 3.11. The summed E-state index contributed by atoms with van der Waals surface area (Å²) in [6.45, 7) is 1.70. The molecule has 90 valence electrons. The Balaban J connectivity index is 2.15. The van der Waals surface area contributed by atoms with E-state index in [4.69, 9.17) is 27.6 Å². The second-order valence-corrected chi connectivity index (χ2v) is 4.80. The molecular formula is C11H13ClN4O. The van der Waals surface area contributed by atoms with E-state index in [0.717, 1.165) is 30.6 Å². The number of fused-ring (bicyclic) bond motifs is 1. The fourth-order valence-corrected chi connectivity index (χ4v) is 2.46. The van der Waals surface area contributed by atoms with Crippen LogP contribution in [0, 0.1) is 0 Å². The van der Waals surface area contributed by atoms with Gasteiger partial charge < -0.3 is 20.9 Å². The highest BCUT2D eigenvalue weighted by molar-refractivity contribution is 6.32. The molecule has 1 unspecified atom stereocenters. The number of nitrogens with two attached hydrogens (primary N) is 2. The van der Waals surface area contributed by atoms with Gasteiger partial charge in [-0.1, -0.05) is 16.8 Å². The van der Waals surface area contributed by atoms with Gasteiger partial charge in [0.15, 0.2) is 11.4 Å². The summed E-state index contributed by atoms with van der Waals surface area (Å²) >= 11 is 6.08. The van der Waals surface area contributed by atoms with E-state index in [2.05, 4.69) is 10.1 Å². The van der Waals surface area contributed by atoms with Gasteiger partial charge in [-0.2, -0.15) is 0 Å². The Morgan fingerprint density at radius 2 is 2.29 bits per heavy atom. The van der Waals surface area contributed by atoms with Crippen molar-refractivity contribution in [3.05, 3.63) is 17.2 Å². The van der Waals surface area contributed by atoms with E-state index < -0.39 is 0 Å². The van der Waals surface area contributed by atoms with Gasteiger partial charge in [0, 0.05) is 24.2 Å². The molecule has 0 amide bonds. The number of halogens is 1. The van der Waals surface area contributed by atoms with Crippen LogP contribution in [-0.4, -0.2) is 24.3 Å². The second kappa shape index (κ2) is 3.78. The summed E-state index contributed by atoms with van der Waals surface area (Å²) in [5, 5.41) is 5.16. The summed E-state index contributed by atoms with van der Waals surface area (Å²) in [7, 11) is 0. The van der Waals surface area contributed by atoms with Crippen LogP contribution in [0.1, 0.15) is 6.42 Å². The predicted molar refractivity (Wildman–Crippen MR) is 68.2 cm³/mol. The predicted octanol–water partition coefficient (Wildman–Crippen LogP) is 1.60. The molecule has 0 spiro atoms. The lowest BCUT2D eigenvalue weighted by atomic mass is 10.2. The second-order valence-electron chi connectivity index (χ2n) is 4.36. The molecule has 0 radical (unpaired) electrons. The van der Waals surface area contributed by atoms with E-state index in [9.17, 15) is 0 Å². The summed E-state index contributed by atoms with van der Waals surface area (Å²) in [6, 6.07) is 3.83. The van der Waals surface area contributed by atoms with Crippen LogP contribution in [0.2, 0.25) is 5.02 Å². The molecule has 1 atom stereocenters. The zero-order valence-corrected chi connectivity index (χ0v) is 9.94. The molecule has 0 aliphatic carbocycles. The van der Waals surface area contributed by atoms with Crippen LogP contribution in [-0.2, 0) is 0 Å². The minimum Gasteiger partial charge on any atom is -0.380 e. The van der Waals surface area contributed by atoms with Crippen LogP contribution >= 0.6 is 11.6 Å². The lowest BCUT2D eigenvalue weighted by molar-refractivity contribution is 0.460. The average molecular weight is 253 g/mol. The van der Waals surface area contributed by atoms with E-state index >= 15 is 0 Å². The highest BCUT2D eigenvalue weighted by Gasteiger charge is 2.23. The molecule has 4 N–H and O–H groups in total. The first-order chi connectivity index (χ1) is 8.15. The van der Waals surface area contributed by atoms with Crippen LogP contribution in [0.4, 0.5) is 11.5 Å². The van der Waals surface area contributed by atoms with Crippen molar-refractivity contribution in [3.8, 4) is 0 Å². The topological polar surface area (TPSA) is 81.3 Å². The summed E-state index contributed by atoms with van der Waals surface area (Å²) in [6.07, 6.45) is 0.970. The molecule has 1 saturated heterocycles. The number of hydrogen-bond acceptors (Lipinski definition) is 5. The number of aromatic nitrogens is 1. The van der Waals surface area contributed by atoms with Gasteiger partial charge in [0.2, 0.25) is 0 Å². The quantitative estimate of drug-likeness (QED) is 0.806. The Labute approximate surface area is 103 Å². The van der Waals surface area contributed by atoms with Crippen molar-refractivity contribution in [2.45, 2.75) is 12.5 Å². The third kappa shape index (κ3) is 1.71. The molecule has 1 aliphatic heterocycles. The Bertz CT molecular complexity index is 568. The van der Waals surface area contributed by atoms with Crippen molar-refractivity contribution in [1.82, 2.24) is 5.16 Å². The Kier molecular flexibility index (Phi) is 2.38. The van der Waals surface area contributed by atoms with E-state index in [-0.39, 0.29) is 6.04 Å². The zero-order valence-electron chi connectivity index (χ0n) is 9.19. The maximum Gasteiger partial charge on any atom is 0.192 e. The van der Waals surface area contributed by atoms with Crippen LogP contribution in [0.15, 0.2) is 16.7 Å². The molecule has 3 rings (SSSR count). The van der Waals surface area contributed by atoms with Gasteiger partial charge in [-0.05, 0) is 18.6 Å². The number of rotatable bonds is 1. The molecule has 0 bridgehead atoms. The van der Waals surface area contributed by atoms with Crippen molar-refractivity contribution in [1.29, 1.82) is 0 Å². The summed E-state index contributed by atoms with van der Waals surface area (Å²) in [5.74, 6) is 0.368. The minimum absolute atomic E-state index is 0.198. The lowest BCUT2D eigenvalue weighted by Gasteiger charge is -2.18. The van der Waals surface area contributed by atoms with Crippen molar-refractivity contribution < 1.29 is 4.52 Å². The SMILES string of the molecule is Nc1noc2c(N3CCC(N)C3)cc(Cl)cc12. The molecule has 1 aromatic carbocycles. The van der Waals surface area contributed by atoms with E-state index in [1.165, 1.54) is 0 Å². The minimum atomic E-state index is 0.198. The van der Waals surface area contributed by atoms with Gasteiger partial charge in [-0.25, -0.2) is 0 Å². The Hall–Kier alpha value is -1.46. The molecule has 5 nitrogen and oxygen atoms in total. The Morgan fingerprint density at radius 1 is 1.47 bits per heavy atom. The fraction of sp³-hybridized carbons (Fsp3) is 0.364. The molecular weight excluding hydrogens is 240 g/mol. The standard InChI is InChI=1S/C11H13ClN4O/c12-6-3-8-10(17-15-11(8)14)9(4-6)16-2-1-7(13)5-16/h3-4,7H,1-2,5,13H2,(H2,14,15). The fourth-order valence-electron chi connectivity index (χ4n) is 2.25. The Morgan fingerprint density at radius 3 is 3.00 bits per heavy atom. The van der Waals surface area contributed by atoms with E-state index in [0.29, 0.717) is 16.4 Å². The molecule has 1 aliphatic rings. The van der Waals surface area contributed by atoms with Crippen molar-refractivity contribution >= 4 is 34.1 Å². The first kappa shape index (κ1) is 10.7. The number of benzene rings is 1. The van der Waals surface area contributed by atoms with Gasteiger partial charge in [-0.3, -0.25) is 0 Å². The third-order valence-corrected chi connectivity index (χ3v) is 3.33. The number of anilines is 2. The van der Waals surface area contributed by atoms with Crippen LogP contribution in [0.25, 0.3) is 11.0 Å². The number of hydrogen-bond donors (Lipinski definition) is 2. The molecule has 2 aromatic rings. The molecule has 1 fully saturated rings. The molecule has 6 heteroatoms. The first-order valence-electron chi connectivity index (χ1n) is 5.50. The van der Waals surface area contributed by atoms with Crippen LogP contribution in [0.3, 0.4) is 0 Å². The largest absolute Gasteiger partial charge is 0.380 e. The van der Waals surface area contributed by atoms with Crippen LogP contribution in [0.5, 0.6) is 0 Å². The molecule has 2 heterocycles. The summed E-state index contributed by atoms with van der Waals surface area (Å²) in [4.78, 5) is 2.16. The van der Waals surface area contributed by atoms with Crippen molar-refractivity contribution in [3.63, 3.8) is 0 Å². The van der Waals surface area contributed by atoms with Gasteiger partial charge in [0.05, 0.1) is 11.1 Å². The number of nitrogen functional groups attached to an aromatic ring is 1. The summed E-state index contributed by atoms with van der Waals surface area (Å²) in [5.41, 5.74) is 13.2. The van der Waals surface area contributed by atoms with E-state index in [1.54, 1.807) is 6.07 Å². The smallest absolute Gasteiger partial charge is 0.192 e. The van der Waals surface area contributed by atoms with E-state index in [1.807, 2.05) is 6.07 Å². The highest BCUT2D eigenvalue weighted by atomic mass is 35.5. The normalized spacial score (nSPS) is 20.4. The van der Waals surface area contributed by atoms with Gasteiger partial charge in [0.1, 0.15) is 0 Å². The monoisotopic (exact) mass is 252 g/mol. The average Bonchev–Trinajstić information content (AvgIpc) is 2.86. The summed E-state index contributed by atoms with van der Waals surface area (Å²) < 4.78 is 5.27. The van der Waals surface area contributed by atoms with Gasteiger partial charge in [0.25, 0.3) is 0 Å². The van der Waals surface area contributed by atoms with Crippen molar-refractivity contribution in [2.24, 2.45) is 5.73 Å². The lowest BCUT2D eigenvalue weighted by Crippen LogP contribution is -2.26. The van der Waals surface area contributed by atoms with Crippen molar-refractivity contribution in [2.75, 3.05) is 23.7 Å². The molecule has 1 aromatic heterocycles. The molecule has 17 heavy (non-hydrogen) atoms. The van der Waals surface area contributed by atoms with Gasteiger partial charge >= 0.3 is 0 Å². The van der Waals surface area contributed by atoms with Crippen LogP contribution < -0.4 is 16.4 Å². The molecule has 0 saturated carbocycles. The van der Waals surface area contributed by atoms with Gasteiger partial charge in [-0.15, -0.1) is 0 Å².